The number of aromatic nitrogens is 1. The minimum atomic E-state index is -0.573. The van der Waals surface area contributed by atoms with E-state index in [1.54, 1.807) is 0 Å². The van der Waals surface area contributed by atoms with Gasteiger partial charge in [-0.15, -0.1) is 10.2 Å². The van der Waals surface area contributed by atoms with E-state index in [9.17, 15) is 20.0 Å². The summed E-state index contributed by atoms with van der Waals surface area (Å²) in [5.74, 6) is -0.822. The molecule has 1 aromatic heterocycles. The van der Waals surface area contributed by atoms with Gasteiger partial charge in [0.05, 0.1) is 10.4 Å². The molecule has 2 unspecified atom stereocenters. The van der Waals surface area contributed by atoms with Crippen molar-refractivity contribution >= 4 is 28.2 Å². The van der Waals surface area contributed by atoms with Gasteiger partial charge in [0.15, 0.2) is 5.69 Å². The van der Waals surface area contributed by atoms with Gasteiger partial charge in [-0.05, 0) is 18.1 Å². The molecule has 10 heteroatoms. The van der Waals surface area contributed by atoms with Crippen LogP contribution in [0.25, 0.3) is 10.9 Å². The number of hydrogen-bond donors (Lipinski definition) is 4. The van der Waals surface area contributed by atoms with Gasteiger partial charge in [-0.25, -0.2) is 10.9 Å². The summed E-state index contributed by atoms with van der Waals surface area (Å²) >= 11 is 0. The molecular formula is C18H16N6O4. The Morgan fingerprint density at radius 1 is 1.18 bits per heavy atom. The monoisotopic (exact) mass is 380 g/mol. The van der Waals surface area contributed by atoms with Gasteiger partial charge in [0.25, 0.3) is 11.6 Å². The minimum Gasteiger partial charge on any atom is -0.493 e. The van der Waals surface area contributed by atoms with E-state index in [2.05, 4.69) is 26.1 Å². The van der Waals surface area contributed by atoms with Gasteiger partial charge in [-0.1, -0.05) is 30.3 Å². The molecule has 10 nitrogen and oxygen atoms in total. The molecule has 1 saturated heterocycles. The summed E-state index contributed by atoms with van der Waals surface area (Å²) in [7, 11) is 0. The summed E-state index contributed by atoms with van der Waals surface area (Å²) in [5.41, 5.74) is 7.28. The molecule has 142 valence electrons. The van der Waals surface area contributed by atoms with Crippen LogP contribution in [0.2, 0.25) is 0 Å². The first kappa shape index (κ1) is 17.8. The number of aromatic hydroxyl groups is 1. The molecule has 3 aromatic rings. The molecule has 28 heavy (non-hydrogen) atoms. The Balaban J connectivity index is 1.53. The molecule has 0 aliphatic carbocycles. The fourth-order valence-electron chi connectivity index (χ4n) is 3.16. The zero-order chi connectivity index (χ0) is 19.7. The topological polar surface area (TPSA) is 145 Å². The largest absolute Gasteiger partial charge is 0.493 e. The molecule has 2 aromatic carbocycles. The van der Waals surface area contributed by atoms with Crippen LogP contribution in [0, 0.1) is 10.1 Å². The molecule has 1 aliphatic heterocycles. The third kappa shape index (κ3) is 3.33. The van der Waals surface area contributed by atoms with Gasteiger partial charge in [0, 0.05) is 23.6 Å². The number of hydrogen-bond acceptors (Lipinski definition) is 7. The Labute approximate surface area is 158 Å². The van der Waals surface area contributed by atoms with E-state index in [0.29, 0.717) is 17.3 Å². The van der Waals surface area contributed by atoms with Crippen LogP contribution < -0.4 is 10.9 Å². The number of nitro groups is 1. The van der Waals surface area contributed by atoms with Crippen molar-refractivity contribution in [3.63, 3.8) is 0 Å². The lowest BCUT2D eigenvalue weighted by Crippen LogP contribution is -2.35. The average Bonchev–Trinajstić information content (AvgIpc) is 3.31. The molecule has 4 rings (SSSR count). The Morgan fingerprint density at radius 2 is 1.96 bits per heavy atom. The third-order valence-electron chi connectivity index (χ3n) is 4.60. The number of carbonyl (C=O) groups excluding carboxylic acids is 1. The number of hydrazine groups is 1. The Bertz CT molecular complexity index is 1080. The van der Waals surface area contributed by atoms with Crippen molar-refractivity contribution < 1.29 is 14.8 Å². The van der Waals surface area contributed by atoms with Gasteiger partial charge < -0.3 is 10.1 Å². The van der Waals surface area contributed by atoms with Crippen LogP contribution in [0.5, 0.6) is 5.88 Å². The number of nitrogens with one attached hydrogen (secondary N) is 3. The van der Waals surface area contributed by atoms with Crippen LogP contribution in [-0.4, -0.2) is 27.0 Å². The standard InChI is InChI=1S/C18H16N6O4/c25-17(15-9-14(20-21-15)10-4-2-1-3-5-10)23-22-16-12-8-11(24(27)28)6-7-13(12)19-18(16)26/h1-8,14-15,19-21,26H,9H2. The smallest absolute Gasteiger partial charge is 0.282 e. The van der Waals surface area contributed by atoms with E-state index >= 15 is 0 Å². The molecule has 1 aliphatic rings. The summed E-state index contributed by atoms with van der Waals surface area (Å²) < 4.78 is 0. The van der Waals surface area contributed by atoms with Crippen LogP contribution >= 0.6 is 0 Å². The van der Waals surface area contributed by atoms with Crippen molar-refractivity contribution in [2.24, 2.45) is 10.2 Å². The second kappa shape index (κ2) is 7.18. The Kier molecular flexibility index (Phi) is 4.55. The highest BCUT2D eigenvalue weighted by molar-refractivity contribution is 5.96. The number of carbonyl (C=O) groups is 1. The highest BCUT2D eigenvalue weighted by Gasteiger charge is 2.30. The molecule has 1 fully saturated rings. The number of fused-ring (bicyclic) bond motifs is 1. The van der Waals surface area contributed by atoms with Crippen molar-refractivity contribution in [2.75, 3.05) is 0 Å². The molecule has 0 bridgehead atoms. The minimum absolute atomic E-state index is 0.0161. The van der Waals surface area contributed by atoms with Crippen molar-refractivity contribution in [1.29, 1.82) is 0 Å². The van der Waals surface area contributed by atoms with Crippen LogP contribution in [0.1, 0.15) is 18.0 Å². The lowest BCUT2D eigenvalue weighted by atomic mass is 10.0. The summed E-state index contributed by atoms with van der Waals surface area (Å²) in [6.45, 7) is 0. The van der Waals surface area contributed by atoms with Crippen LogP contribution in [0.15, 0.2) is 58.8 Å². The van der Waals surface area contributed by atoms with Crippen LogP contribution in [0.4, 0.5) is 11.4 Å². The first-order valence-corrected chi connectivity index (χ1v) is 8.53. The Morgan fingerprint density at radius 3 is 2.71 bits per heavy atom. The van der Waals surface area contributed by atoms with E-state index in [-0.39, 0.29) is 23.3 Å². The zero-order valence-electron chi connectivity index (χ0n) is 14.5. The molecule has 2 atom stereocenters. The molecule has 0 spiro atoms. The third-order valence-corrected chi connectivity index (χ3v) is 4.60. The second-order valence-electron chi connectivity index (χ2n) is 6.39. The number of benzene rings is 2. The van der Waals surface area contributed by atoms with Crippen molar-refractivity contribution in [3.8, 4) is 5.88 Å². The van der Waals surface area contributed by atoms with Gasteiger partial charge in [-0.2, -0.15) is 0 Å². The van der Waals surface area contributed by atoms with E-state index < -0.39 is 16.9 Å². The normalized spacial score (nSPS) is 19.4. The molecule has 2 heterocycles. The highest BCUT2D eigenvalue weighted by atomic mass is 16.6. The van der Waals surface area contributed by atoms with E-state index in [1.807, 2.05) is 30.3 Å². The van der Waals surface area contributed by atoms with E-state index in [4.69, 9.17) is 0 Å². The SMILES string of the molecule is O=C(N=Nc1c(O)[nH]c2ccc([N+](=O)[O-])cc12)C1CC(c2ccccc2)NN1. The maximum Gasteiger partial charge on any atom is 0.282 e. The summed E-state index contributed by atoms with van der Waals surface area (Å²) in [4.78, 5) is 25.4. The predicted octanol–water partition coefficient (Wildman–Crippen LogP) is 3.00. The second-order valence-corrected chi connectivity index (χ2v) is 6.39. The van der Waals surface area contributed by atoms with Gasteiger partial charge in [-0.3, -0.25) is 14.9 Å². The van der Waals surface area contributed by atoms with Crippen molar-refractivity contribution in [3.05, 3.63) is 64.2 Å². The number of rotatable bonds is 4. The lowest BCUT2D eigenvalue weighted by molar-refractivity contribution is -0.384. The number of non-ortho nitro benzene ring substituents is 1. The number of H-pyrrole nitrogens is 1. The van der Waals surface area contributed by atoms with Gasteiger partial charge in [0.2, 0.25) is 5.88 Å². The van der Waals surface area contributed by atoms with E-state index in [1.165, 1.54) is 18.2 Å². The average molecular weight is 380 g/mol. The first-order chi connectivity index (χ1) is 13.5. The molecular weight excluding hydrogens is 364 g/mol. The fourth-order valence-corrected chi connectivity index (χ4v) is 3.16. The number of nitro benzene ring substituents is 1. The first-order valence-electron chi connectivity index (χ1n) is 8.53. The molecule has 4 N–H and O–H groups in total. The maximum atomic E-state index is 12.4. The quantitative estimate of drug-likeness (QED) is 0.311. The number of nitrogens with zero attached hydrogens (tertiary/aromatic N) is 3. The molecule has 0 saturated carbocycles. The van der Waals surface area contributed by atoms with Crippen molar-refractivity contribution in [1.82, 2.24) is 15.8 Å². The number of aromatic amines is 1. The van der Waals surface area contributed by atoms with Crippen molar-refractivity contribution in [2.45, 2.75) is 18.5 Å². The summed E-state index contributed by atoms with van der Waals surface area (Å²) in [5, 5.41) is 28.8. The van der Waals surface area contributed by atoms with Crippen LogP contribution in [0.3, 0.4) is 0 Å². The van der Waals surface area contributed by atoms with Gasteiger partial charge in [0.1, 0.15) is 6.04 Å². The highest BCUT2D eigenvalue weighted by Crippen LogP contribution is 2.37. The number of azo groups is 1. The Hall–Kier alpha value is -3.63. The fraction of sp³-hybridized carbons (Fsp3) is 0.167. The maximum absolute atomic E-state index is 12.4. The number of amides is 1. The lowest BCUT2D eigenvalue weighted by Gasteiger charge is -2.08. The molecule has 1 amide bonds. The zero-order valence-corrected chi connectivity index (χ0v) is 14.5. The molecule has 0 radical (unpaired) electrons. The summed E-state index contributed by atoms with van der Waals surface area (Å²) in [6, 6.07) is 13.1. The van der Waals surface area contributed by atoms with E-state index in [0.717, 1.165) is 5.56 Å². The van der Waals surface area contributed by atoms with Crippen LogP contribution in [-0.2, 0) is 4.79 Å². The van der Waals surface area contributed by atoms with Gasteiger partial charge >= 0.3 is 0 Å². The predicted molar refractivity (Wildman–Crippen MR) is 100 cm³/mol. The summed E-state index contributed by atoms with van der Waals surface area (Å²) in [6.07, 6.45) is 0.493.